The standard InChI is InChI=1S/C14H13NO5/c1-18-14(17)15-12-4-2-3-11(7-12)13(16)20-9-10-5-6-19-8-10/h2-8H,9H2,1H3,(H,15,17). The second-order valence-electron chi connectivity index (χ2n) is 3.91. The Balaban J connectivity index is 1.98. The number of benzene rings is 1. The molecule has 2 aromatic rings. The van der Waals surface area contributed by atoms with Gasteiger partial charge in [-0.25, -0.2) is 9.59 Å². The van der Waals surface area contributed by atoms with Gasteiger partial charge in [-0.1, -0.05) is 6.07 Å². The number of hydrogen-bond acceptors (Lipinski definition) is 5. The molecule has 1 amide bonds. The van der Waals surface area contributed by atoms with Gasteiger partial charge in [0.05, 0.1) is 25.2 Å². The Hall–Kier alpha value is -2.76. The highest BCUT2D eigenvalue weighted by Crippen LogP contribution is 2.13. The van der Waals surface area contributed by atoms with Crippen molar-refractivity contribution in [2.75, 3.05) is 12.4 Å². The van der Waals surface area contributed by atoms with Crippen molar-refractivity contribution >= 4 is 17.7 Å². The average Bonchev–Trinajstić information content (AvgIpc) is 2.98. The van der Waals surface area contributed by atoms with Crippen LogP contribution in [0.5, 0.6) is 0 Å². The third-order valence-corrected chi connectivity index (χ3v) is 2.48. The molecule has 0 unspecified atom stereocenters. The molecule has 0 saturated carbocycles. The van der Waals surface area contributed by atoms with Gasteiger partial charge in [-0.2, -0.15) is 0 Å². The van der Waals surface area contributed by atoms with Gasteiger partial charge >= 0.3 is 12.1 Å². The average molecular weight is 275 g/mol. The van der Waals surface area contributed by atoms with Gasteiger partial charge in [-0.3, -0.25) is 5.32 Å². The SMILES string of the molecule is COC(=O)Nc1cccc(C(=O)OCc2ccoc2)c1. The molecule has 6 nitrogen and oxygen atoms in total. The van der Waals surface area contributed by atoms with E-state index in [1.165, 1.54) is 25.7 Å². The molecule has 2 rings (SSSR count). The molecule has 1 aromatic carbocycles. The summed E-state index contributed by atoms with van der Waals surface area (Å²) in [7, 11) is 1.26. The van der Waals surface area contributed by atoms with Crippen molar-refractivity contribution in [1.29, 1.82) is 0 Å². The second-order valence-corrected chi connectivity index (χ2v) is 3.91. The van der Waals surface area contributed by atoms with Crippen LogP contribution in [0.2, 0.25) is 0 Å². The van der Waals surface area contributed by atoms with Crippen molar-refractivity contribution in [1.82, 2.24) is 0 Å². The predicted octanol–water partition coefficient (Wildman–Crippen LogP) is 2.81. The number of methoxy groups -OCH3 is 1. The first kappa shape index (κ1) is 13.7. The van der Waals surface area contributed by atoms with Crippen molar-refractivity contribution < 1.29 is 23.5 Å². The molecule has 0 radical (unpaired) electrons. The van der Waals surface area contributed by atoms with E-state index in [4.69, 9.17) is 9.15 Å². The highest BCUT2D eigenvalue weighted by Gasteiger charge is 2.09. The van der Waals surface area contributed by atoms with E-state index in [-0.39, 0.29) is 6.61 Å². The molecule has 0 aliphatic carbocycles. The number of rotatable bonds is 4. The first-order chi connectivity index (χ1) is 9.69. The molecular weight excluding hydrogens is 262 g/mol. The molecule has 1 heterocycles. The lowest BCUT2D eigenvalue weighted by Crippen LogP contribution is -2.12. The van der Waals surface area contributed by atoms with Gasteiger partial charge < -0.3 is 13.9 Å². The molecule has 1 N–H and O–H groups in total. The fourth-order valence-corrected chi connectivity index (χ4v) is 1.50. The van der Waals surface area contributed by atoms with Crippen molar-refractivity contribution in [3.05, 3.63) is 54.0 Å². The van der Waals surface area contributed by atoms with Gasteiger partial charge in [0.15, 0.2) is 0 Å². The number of nitrogens with one attached hydrogen (secondary N) is 1. The minimum Gasteiger partial charge on any atom is -0.472 e. The lowest BCUT2D eigenvalue weighted by molar-refractivity contribution is 0.0472. The lowest BCUT2D eigenvalue weighted by Gasteiger charge is -2.06. The van der Waals surface area contributed by atoms with Crippen LogP contribution >= 0.6 is 0 Å². The monoisotopic (exact) mass is 275 g/mol. The number of carbonyl (C=O) groups is 2. The fraction of sp³-hybridized carbons (Fsp3) is 0.143. The summed E-state index contributed by atoms with van der Waals surface area (Å²) >= 11 is 0. The van der Waals surface area contributed by atoms with Crippen LogP contribution < -0.4 is 5.32 Å². The van der Waals surface area contributed by atoms with Crippen LogP contribution in [-0.2, 0) is 16.1 Å². The Labute approximate surface area is 115 Å². The smallest absolute Gasteiger partial charge is 0.411 e. The number of ether oxygens (including phenoxy) is 2. The van der Waals surface area contributed by atoms with E-state index in [9.17, 15) is 9.59 Å². The molecule has 0 saturated heterocycles. The summed E-state index contributed by atoms with van der Waals surface area (Å²) in [5.74, 6) is -0.486. The number of anilines is 1. The van der Waals surface area contributed by atoms with Crippen molar-refractivity contribution in [2.24, 2.45) is 0 Å². The predicted molar refractivity (Wildman–Crippen MR) is 70.3 cm³/mol. The molecule has 1 aromatic heterocycles. The van der Waals surface area contributed by atoms with Gasteiger partial charge in [-0.05, 0) is 24.3 Å². The lowest BCUT2D eigenvalue weighted by atomic mass is 10.2. The molecule has 0 spiro atoms. The first-order valence-electron chi connectivity index (χ1n) is 5.82. The van der Waals surface area contributed by atoms with E-state index in [1.54, 1.807) is 24.3 Å². The first-order valence-corrected chi connectivity index (χ1v) is 5.82. The minimum absolute atomic E-state index is 0.129. The number of carbonyl (C=O) groups excluding carboxylic acids is 2. The van der Waals surface area contributed by atoms with E-state index in [0.29, 0.717) is 11.3 Å². The fourth-order valence-electron chi connectivity index (χ4n) is 1.50. The summed E-state index contributed by atoms with van der Waals surface area (Å²) in [6, 6.07) is 8.10. The maximum atomic E-state index is 11.9. The zero-order valence-corrected chi connectivity index (χ0v) is 10.8. The number of esters is 1. The molecule has 0 aliphatic heterocycles. The van der Waals surface area contributed by atoms with Crippen LogP contribution in [0.1, 0.15) is 15.9 Å². The zero-order chi connectivity index (χ0) is 14.4. The van der Waals surface area contributed by atoms with E-state index in [2.05, 4.69) is 10.1 Å². The largest absolute Gasteiger partial charge is 0.472 e. The van der Waals surface area contributed by atoms with E-state index < -0.39 is 12.1 Å². The molecule has 0 atom stereocenters. The van der Waals surface area contributed by atoms with Gasteiger partial charge in [0.25, 0.3) is 0 Å². The van der Waals surface area contributed by atoms with Crippen molar-refractivity contribution in [2.45, 2.75) is 6.61 Å². The normalized spacial score (nSPS) is 9.85. The van der Waals surface area contributed by atoms with Crippen LogP contribution in [0.3, 0.4) is 0 Å². The van der Waals surface area contributed by atoms with Gasteiger partial charge in [0.2, 0.25) is 0 Å². The Kier molecular flexibility index (Phi) is 4.39. The van der Waals surface area contributed by atoms with E-state index in [1.807, 2.05) is 0 Å². The summed E-state index contributed by atoms with van der Waals surface area (Å²) < 4.78 is 14.5. The highest BCUT2D eigenvalue weighted by atomic mass is 16.5. The third kappa shape index (κ3) is 3.61. The number of furan rings is 1. The summed E-state index contributed by atoms with van der Waals surface area (Å²) in [6.07, 6.45) is 2.40. The Bertz CT molecular complexity index is 591. The maximum Gasteiger partial charge on any atom is 0.411 e. The molecule has 0 bridgehead atoms. The minimum atomic E-state index is -0.603. The summed E-state index contributed by atoms with van der Waals surface area (Å²) in [5.41, 5.74) is 1.55. The molecule has 6 heteroatoms. The Morgan fingerprint density at radius 2 is 2.15 bits per heavy atom. The summed E-state index contributed by atoms with van der Waals surface area (Å²) in [6.45, 7) is 0.129. The summed E-state index contributed by atoms with van der Waals surface area (Å²) in [5, 5.41) is 2.47. The van der Waals surface area contributed by atoms with Crippen LogP contribution in [0.25, 0.3) is 0 Å². The second kappa shape index (κ2) is 6.42. The molecular formula is C14H13NO5. The van der Waals surface area contributed by atoms with E-state index in [0.717, 1.165) is 5.56 Å². The molecule has 104 valence electrons. The van der Waals surface area contributed by atoms with Crippen molar-refractivity contribution in [3.63, 3.8) is 0 Å². The Morgan fingerprint density at radius 3 is 2.85 bits per heavy atom. The number of amides is 1. The highest BCUT2D eigenvalue weighted by molar-refractivity contribution is 5.92. The molecule has 0 fully saturated rings. The van der Waals surface area contributed by atoms with E-state index >= 15 is 0 Å². The molecule has 0 aliphatic rings. The van der Waals surface area contributed by atoms with Crippen molar-refractivity contribution in [3.8, 4) is 0 Å². The van der Waals surface area contributed by atoms with Crippen LogP contribution in [0.4, 0.5) is 10.5 Å². The maximum absolute atomic E-state index is 11.9. The van der Waals surface area contributed by atoms with Gasteiger partial charge in [-0.15, -0.1) is 0 Å². The topological polar surface area (TPSA) is 77.8 Å². The van der Waals surface area contributed by atoms with Crippen LogP contribution in [-0.4, -0.2) is 19.2 Å². The van der Waals surface area contributed by atoms with Gasteiger partial charge in [0.1, 0.15) is 6.61 Å². The quantitative estimate of drug-likeness (QED) is 0.868. The number of hydrogen-bond donors (Lipinski definition) is 1. The third-order valence-electron chi connectivity index (χ3n) is 2.48. The van der Waals surface area contributed by atoms with Crippen LogP contribution in [0.15, 0.2) is 47.3 Å². The Morgan fingerprint density at radius 1 is 1.30 bits per heavy atom. The summed E-state index contributed by atoms with van der Waals surface area (Å²) in [4.78, 5) is 22.9. The zero-order valence-electron chi connectivity index (χ0n) is 10.8. The van der Waals surface area contributed by atoms with Gasteiger partial charge in [0, 0.05) is 11.3 Å². The van der Waals surface area contributed by atoms with Crippen LogP contribution in [0, 0.1) is 0 Å². The molecule has 20 heavy (non-hydrogen) atoms.